The second kappa shape index (κ2) is 6.68. The van der Waals surface area contributed by atoms with Crippen LogP contribution in [0.25, 0.3) is 5.70 Å². The molecule has 0 spiro atoms. The molecule has 1 aromatic rings. The quantitative estimate of drug-likeness (QED) is 0.853. The summed E-state index contributed by atoms with van der Waals surface area (Å²) in [4.78, 5) is 31.1. The summed E-state index contributed by atoms with van der Waals surface area (Å²) in [5.41, 5.74) is 2.10. The van der Waals surface area contributed by atoms with Gasteiger partial charge in [-0.3, -0.25) is 14.9 Å². The smallest absolute Gasteiger partial charge is 0.253 e. The van der Waals surface area contributed by atoms with Crippen molar-refractivity contribution in [3.63, 3.8) is 0 Å². The van der Waals surface area contributed by atoms with Crippen LogP contribution in [0.15, 0.2) is 29.9 Å². The van der Waals surface area contributed by atoms with E-state index in [1.54, 1.807) is 0 Å². The molecule has 5 rings (SSSR count). The van der Waals surface area contributed by atoms with E-state index in [2.05, 4.69) is 41.4 Å². The first-order chi connectivity index (χ1) is 13.9. The molecule has 1 N–H and O–H groups in total. The van der Waals surface area contributed by atoms with Crippen LogP contribution in [0, 0.1) is 17.3 Å². The molecule has 0 aromatic carbocycles. The average Bonchev–Trinajstić information content (AvgIpc) is 3.45. The number of amides is 2. The molecule has 1 saturated heterocycles. The monoisotopic (exact) mass is 393 g/mol. The van der Waals surface area contributed by atoms with Gasteiger partial charge in [-0.25, -0.2) is 4.68 Å². The number of hydrogen-bond donors (Lipinski definition) is 1. The minimum Gasteiger partial charge on any atom is -0.337 e. The predicted molar refractivity (Wildman–Crippen MR) is 110 cm³/mol. The van der Waals surface area contributed by atoms with Gasteiger partial charge in [0.05, 0.1) is 0 Å². The highest BCUT2D eigenvalue weighted by Gasteiger charge is 2.38. The summed E-state index contributed by atoms with van der Waals surface area (Å²) in [6.45, 7) is 6.02. The molecule has 1 aromatic heterocycles. The van der Waals surface area contributed by atoms with Crippen molar-refractivity contribution in [2.45, 2.75) is 46.0 Å². The maximum Gasteiger partial charge on any atom is 0.253 e. The zero-order valence-electron chi connectivity index (χ0n) is 17.0. The van der Waals surface area contributed by atoms with Crippen molar-refractivity contribution >= 4 is 23.5 Å². The number of rotatable bonds is 4. The Balaban J connectivity index is 1.27. The van der Waals surface area contributed by atoms with Crippen molar-refractivity contribution in [2.24, 2.45) is 17.3 Å². The highest BCUT2D eigenvalue weighted by Crippen LogP contribution is 2.34. The van der Waals surface area contributed by atoms with Gasteiger partial charge in [0.15, 0.2) is 0 Å². The fraction of sp³-hybridized carbons (Fsp3) is 0.545. The molecule has 2 aliphatic carbocycles. The summed E-state index contributed by atoms with van der Waals surface area (Å²) in [5, 5.41) is 7.40. The predicted octanol–water partition coefficient (Wildman–Crippen LogP) is 2.78. The van der Waals surface area contributed by atoms with E-state index in [1.807, 2.05) is 21.7 Å². The molecule has 1 atom stereocenters. The standard InChI is InChI=1S/C22H27N5O2/c1-22(2)12-26(13-22)20(29)16-10-6-14(7-11-16)17-4-3-5-18-23-21(25-27(17)18)24-19(28)15-8-9-15/h4,6,10-11,14-15H,3,5,7-9,12-13H2,1-2H3,(H,24,25,28). The number of aromatic nitrogens is 3. The topological polar surface area (TPSA) is 80.1 Å². The SMILES string of the molecule is CC1(C)CN(C(=O)C2=CCC(C3=CCCc4nc(NC(=O)C5CC5)nn43)C=C2)C1. The van der Waals surface area contributed by atoms with Gasteiger partial charge in [0.2, 0.25) is 11.9 Å². The van der Waals surface area contributed by atoms with E-state index in [0.717, 1.165) is 62.3 Å². The van der Waals surface area contributed by atoms with Crippen molar-refractivity contribution in [3.05, 3.63) is 35.7 Å². The molecule has 2 fully saturated rings. The van der Waals surface area contributed by atoms with Gasteiger partial charge in [0.1, 0.15) is 5.82 Å². The van der Waals surface area contributed by atoms with E-state index in [9.17, 15) is 9.59 Å². The Hall–Kier alpha value is -2.70. The minimum atomic E-state index is 0.0244. The molecule has 0 radical (unpaired) electrons. The Morgan fingerprint density at radius 3 is 2.66 bits per heavy atom. The second-order valence-electron chi connectivity index (χ2n) is 9.38. The van der Waals surface area contributed by atoms with Gasteiger partial charge in [-0.05, 0) is 31.1 Å². The van der Waals surface area contributed by atoms with Gasteiger partial charge in [-0.1, -0.05) is 38.2 Å². The lowest BCUT2D eigenvalue weighted by atomic mass is 9.83. The molecule has 2 aliphatic heterocycles. The summed E-state index contributed by atoms with van der Waals surface area (Å²) in [6, 6.07) is 0. The number of carbonyl (C=O) groups is 2. The molecule has 152 valence electrons. The fourth-order valence-electron chi connectivity index (χ4n) is 4.38. The van der Waals surface area contributed by atoms with Crippen molar-refractivity contribution in [3.8, 4) is 0 Å². The third kappa shape index (κ3) is 3.54. The number of carbonyl (C=O) groups excluding carboxylic acids is 2. The first kappa shape index (κ1) is 18.3. The second-order valence-corrected chi connectivity index (χ2v) is 9.38. The van der Waals surface area contributed by atoms with Crippen molar-refractivity contribution in [1.29, 1.82) is 0 Å². The lowest BCUT2D eigenvalue weighted by Crippen LogP contribution is -2.55. The highest BCUT2D eigenvalue weighted by molar-refractivity contribution is 5.97. The third-order valence-corrected chi connectivity index (χ3v) is 6.07. The number of aryl methyl sites for hydroxylation is 1. The van der Waals surface area contributed by atoms with Crippen LogP contribution in [-0.2, 0) is 16.0 Å². The maximum atomic E-state index is 12.6. The molecular formula is C22H27N5O2. The van der Waals surface area contributed by atoms with Crippen LogP contribution in [0.3, 0.4) is 0 Å². The Kier molecular flexibility index (Phi) is 4.22. The number of fused-ring (bicyclic) bond motifs is 1. The first-order valence-corrected chi connectivity index (χ1v) is 10.5. The fourth-order valence-corrected chi connectivity index (χ4v) is 4.38. The maximum absolute atomic E-state index is 12.6. The van der Waals surface area contributed by atoms with Crippen molar-refractivity contribution in [1.82, 2.24) is 19.7 Å². The van der Waals surface area contributed by atoms with Crippen LogP contribution in [0.2, 0.25) is 0 Å². The molecule has 0 bridgehead atoms. The van der Waals surface area contributed by atoms with E-state index >= 15 is 0 Å². The number of allylic oxidation sites excluding steroid dienone is 4. The zero-order chi connectivity index (χ0) is 20.2. The lowest BCUT2D eigenvalue weighted by molar-refractivity contribution is -0.136. The number of nitrogens with one attached hydrogen (secondary N) is 1. The van der Waals surface area contributed by atoms with E-state index < -0.39 is 0 Å². The van der Waals surface area contributed by atoms with Gasteiger partial charge in [-0.2, -0.15) is 4.98 Å². The zero-order valence-corrected chi connectivity index (χ0v) is 17.0. The summed E-state index contributed by atoms with van der Waals surface area (Å²) < 4.78 is 1.87. The van der Waals surface area contributed by atoms with Crippen LogP contribution < -0.4 is 5.32 Å². The van der Waals surface area contributed by atoms with E-state index in [-0.39, 0.29) is 29.1 Å². The van der Waals surface area contributed by atoms with Gasteiger partial charge in [0, 0.05) is 42.6 Å². The van der Waals surface area contributed by atoms with Gasteiger partial charge < -0.3 is 4.90 Å². The van der Waals surface area contributed by atoms with E-state index in [0.29, 0.717) is 5.95 Å². The summed E-state index contributed by atoms with van der Waals surface area (Å²) >= 11 is 0. The average molecular weight is 393 g/mol. The highest BCUT2D eigenvalue weighted by atomic mass is 16.2. The Morgan fingerprint density at radius 2 is 2.00 bits per heavy atom. The Labute approximate surface area is 170 Å². The number of hydrogen-bond acceptors (Lipinski definition) is 4. The third-order valence-electron chi connectivity index (χ3n) is 6.07. The molecule has 29 heavy (non-hydrogen) atoms. The van der Waals surface area contributed by atoms with Crippen molar-refractivity contribution < 1.29 is 9.59 Å². The van der Waals surface area contributed by atoms with Crippen LogP contribution >= 0.6 is 0 Å². The summed E-state index contributed by atoms with van der Waals surface area (Å²) in [5.74, 6) is 1.73. The number of anilines is 1. The van der Waals surface area contributed by atoms with Crippen LogP contribution in [0.1, 0.15) is 45.4 Å². The van der Waals surface area contributed by atoms with Gasteiger partial charge in [0.25, 0.3) is 5.91 Å². The molecule has 1 unspecified atom stereocenters. The Morgan fingerprint density at radius 1 is 1.21 bits per heavy atom. The van der Waals surface area contributed by atoms with Crippen LogP contribution in [-0.4, -0.2) is 44.6 Å². The van der Waals surface area contributed by atoms with Gasteiger partial charge >= 0.3 is 0 Å². The largest absolute Gasteiger partial charge is 0.337 e. The Bertz CT molecular complexity index is 956. The lowest BCUT2D eigenvalue weighted by Gasteiger charge is -2.46. The minimum absolute atomic E-state index is 0.0244. The summed E-state index contributed by atoms with van der Waals surface area (Å²) in [7, 11) is 0. The molecule has 2 amide bonds. The van der Waals surface area contributed by atoms with Crippen LogP contribution in [0.4, 0.5) is 5.95 Å². The molecule has 7 heteroatoms. The summed E-state index contributed by atoms with van der Waals surface area (Å²) in [6.07, 6.45) is 12.7. The number of likely N-dealkylation sites (tertiary alicyclic amines) is 1. The molecular weight excluding hydrogens is 366 g/mol. The van der Waals surface area contributed by atoms with Crippen LogP contribution in [0.5, 0.6) is 0 Å². The normalized spacial score (nSPS) is 24.9. The molecule has 3 heterocycles. The van der Waals surface area contributed by atoms with Crippen molar-refractivity contribution in [2.75, 3.05) is 18.4 Å². The van der Waals surface area contributed by atoms with E-state index in [4.69, 9.17) is 0 Å². The number of nitrogens with zero attached hydrogens (tertiary/aromatic N) is 4. The molecule has 4 aliphatic rings. The molecule has 7 nitrogen and oxygen atoms in total. The van der Waals surface area contributed by atoms with E-state index in [1.165, 1.54) is 0 Å². The first-order valence-electron chi connectivity index (χ1n) is 10.5. The van der Waals surface area contributed by atoms with Gasteiger partial charge in [-0.15, -0.1) is 5.10 Å². The molecule has 1 saturated carbocycles.